The average molecular weight is 369 g/mol. The third-order valence-corrected chi connectivity index (χ3v) is 4.37. The van der Waals surface area contributed by atoms with Crippen molar-refractivity contribution in [3.05, 3.63) is 95.8 Å². The van der Waals surface area contributed by atoms with Gasteiger partial charge in [-0.05, 0) is 36.4 Å². The topological polar surface area (TPSA) is 67.0 Å². The number of amides is 1. The van der Waals surface area contributed by atoms with Crippen molar-refractivity contribution in [3.63, 3.8) is 0 Å². The number of fused-ring (bicyclic) bond motifs is 1. The predicted molar refractivity (Wildman–Crippen MR) is 111 cm³/mol. The number of benzene rings is 3. The zero-order valence-electron chi connectivity index (χ0n) is 15.3. The lowest BCUT2D eigenvalue weighted by Gasteiger charge is -2.10. The van der Waals surface area contributed by atoms with Gasteiger partial charge in [0.1, 0.15) is 5.75 Å². The van der Waals surface area contributed by atoms with E-state index in [1.807, 2.05) is 72.8 Å². The Morgan fingerprint density at radius 2 is 1.68 bits per heavy atom. The van der Waals surface area contributed by atoms with Crippen molar-refractivity contribution in [1.82, 2.24) is 15.3 Å². The molecule has 0 aliphatic heterocycles. The maximum Gasteiger partial charge on any atom is 0.255 e. The monoisotopic (exact) mass is 369 g/mol. The number of para-hydroxylation sites is 3. The molecule has 5 nitrogen and oxygen atoms in total. The van der Waals surface area contributed by atoms with Crippen molar-refractivity contribution in [2.45, 2.75) is 0 Å². The maximum atomic E-state index is 12.8. The zero-order valence-corrected chi connectivity index (χ0v) is 15.3. The molecule has 4 rings (SSSR count). The second kappa shape index (κ2) is 7.80. The van der Waals surface area contributed by atoms with E-state index in [0.717, 1.165) is 16.6 Å². The quantitative estimate of drug-likeness (QED) is 0.544. The number of carbonyl (C=O) groups excluding carboxylic acids is 1. The molecule has 5 heteroatoms. The predicted octanol–water partition coefficient (Wildman–Crippen LogP) is 4.50. The van der Waals surface area contributed by atoms with Crippen LogP contribution in [0.5, 0.6) is 5.75 Å². The molecule has 0 radical (unpaired) electrons. The van der Waals surface area contributed by atoms with E-state index in [0.29, 0.717) is 22.8 Å². The average Bonchev–Trinajstić information content (AvgIpc) is 3.18. The first-order valence-electron chi connectivity index (χ1n) is 8.91. The van der Waals surface area contributed by atoms with Crippen LogP contribution in [0.2, 0.25) is 0 Å². The number of hydrogen-bond donors (Lipinski definition) is 2. The van der Waals surface area contributed by atoms with Gasteiger partial charge in [0.15, 0.2) is 5.82 Å². The molecule has 0 atom stereocenters. The summed E-state index contributed by atoms with van der Waals surface area (Å²) in [6.07, 6.45) is 1.86. The number of aromatic amines is 1. The SMILES string of the molecule is COc1ccccc1/C=C(/NC(=O)c1ccccc1)c1nc2ccccc2[nH]1. The number of methoxy groups -OCH3 is 1. The number of rotatable bonds is 5. The Balaban J connectivity index is 1.78. The molecule has 0 saturated carbocycles. The lowest BCUT2D eigenvalue weighted by molar-refractivity contribution is 0.0973. The van der Waals surface area contributed by atoms with Crippen LogP contribution in [0.25, 0.3) is 22.8 Å². The summed E-state index contributed by atoms with van der Waals surface area (Å²) in [6, 6.07) is 24.5. The van der Waals surface area contributed by atoms with Crippen molar-refractivity contribution in [1.29, 1.82) is 0 Å². The lowest BCUT2D eigenvalue weighted by Crippen LogP contribution is -2.22. The summed E-state index contributed by atoms with van der Waals surface area (Å²) in [5.41, 5.74) is 3.71. The van der Waals surface area contributed by atoms with E-state index >= 15 is 0 Å². The number of imidazole rings is 1. The highest BCUT2D eigenvalue weighted by atomic mass is 16.5. The van der Waals surface area contributed by atoms with Gasteiger partial charge in [-0.15, -0.1) is 0 Å². The first-order chi connectivity index (χ1) is 13.7. The van der Waals surface area contributed by atoms with Crippen LogP contribution in [0, 0.1) is 0 Å². The van der Waals surface area contributed by atoms with Crippen molar-refractivity contribution < 1.29 is 9.53 Å². The molecule has 0 fully saturated rings. The van der Waals surface area contributed by atoms with Crippen LogP contribution >= 0.6 is 0 Å². The minimum Gasteiger partial charge on any atom is -0.496 e. The Morgan fingerprint density at radius 3 is 2.46 bits per heavy atom. The standard InChI is InChI=1S/C23H19N3O2/c1-28-21-14-8-5-11-17(21)15-20(26-23(27)16-9-3-2-4-10-16)22-24-18-12-6-7-13-19(18)25-22/h2-15H,1H3,(H,24,25)(H,26,27)/b20-15+. The van der Waals surface area contributed by atoms with E-state index in [1.165, 1.54) is 0 Å². The molecule has 4 aromatic rings. The fourth-order valence-electron chi connectivity index (χ4n) is 2.97. The smallest absolute Gasteiger partial charge is 0.255 e. The van der Waals surface area contributed by atoms with E-state index in [2.05, 4.69) is 15.3 Å². The summed E-state index contributed by atoms with van der Waals surface area (Å²) in [7, 11) is 1.62. The Bertz CT molecular complexity index is 1110. The fraction of sp³-hybridized carbons (Fsp3) is 0.0435. The molecule has 3 aromatic carbocycles. The molecule has 28 heavy (non-hydrogen) atoms. The highest BCUT2D eigenvalue weighted by molar-refractivity contribution is 6.02. The first kappa shape index (κ1) is 17.5. The normalized spacial score (nSPS) is 11.4. The lowest BCUT2D eigenvalue weighted by atomic mass is 10.1. The largest absolute Gasteiger partial charge is 0.496 e. The van der Waals surface area contributed by atoms with Crippen LogP contribution in [0.4, 0.5) is 0 Å². The van der Waals surface area contributed by atoms with Crippen LogP contribution in [0.1, 0.15) is 21.7 Å². The molecule has 1 heterocycles. The van der Waals surface area contributed by atoms with Crippen molar-refractivity contribution in [3.8, 4) is 5.75 Å². The minimum atomic E-state index is -0.206. The van der Waals surface area contributed by atoms with Gasteiger partial charge < -0.3 is 15.0 Å². The van der Waals surface area contributed by atoms with Crippen LogP contribution in [-0.4, -0.2) is 23.0 Å². The fourth-order valence-corrected chi connectivity index (χ4v) is 2.97. The summed E-state index contributed by atoms with van der Waals surface area (Å²) in [5, 5.41) is 2.98. The number of nitrogens with zero attached hydrogens (tertiary/aromatic N) is 1. The Hall–Kier alpha value is -3.86. The van der Waals surface area contributed by atoms with Crippen molar-refractivity contribution >= 4 is 28.7 Å². The van der Waals surface area contributed by atoms with Crippen molar-refractivity contribution in [2.24, 2.45) is 0 Å². The van der Waals surface area contributed by atoms with E-state index in [9.17, 15) is 4.79 Å². The van der Waals surface area contributed by atoms with Gasteiger partial charge >= 0.3 is 0 Å². The molecular formula is C23H19N3O2. The van der Waals surface area contributed by atoms with Gasteiger partial charge in [0.05, 0.1) is 23.8 Å². The second-order valence-electron chi connectivity index (χ2n) is 6.22. The van der Waals surface area contributed by atoms with E-state index in [-0.39, 0.29) is 5.91 Å². The van der Waals surface area contributed by atoms with E-state index < -0.39 is 0 Å². The molecule has 0 bridgehead atoms. The molecule has 0 saturated heterocycles. The molecule has 1 aromatic heterocycles. The number of H-pyrrole nitrogens is 1. The number of aromatic nitrogens is 2. The molecule has 0 aliphatic carbocycles. The first-order valence-corrected chi connectivity index (χ1v) is 8.91. The molecule has 0 unspecified atom stereocenters. The summed E-state index contributed by atoms with van der Waals surface area (Å²) in [4.78, 5) is 20.7. The third kappa shape index (κ3) is 3.64. The Kier molecular flexibility index (Phi) is 4.89. The highest BCUT2D eigenvalue weighted by Crippen LogP contribution is 2.24. The van der Waals surface area contributed by atoms with Crippen molar-refractivity contribution in [2.75, 3.05) is 7.11 Å². The molecule has 0 spiro atoms. The van der Waals surface area contributed by atoms with Gasteiger partial charge in [0.25, 0.3) is 5.91 Å². The van der Waals surface area contributed by atoms with Crippen LogP contribution in [-0.2, 0) is 0 Å². The third-order valence-electron chi connectivity index (χ3n) is 4.37. The Morgan fingerprint density at radius 1 is 0.964 bits per heavy atom. The minimum absolute atomic E-state index is 0.206. The number of hydrogen-bond acceptors (Lipinski definition) is 3. The number of ether oxygens (including phenoxy) is 1. The van der Waals surface area contributed by atoms with Gasteiger partial charge in [0.2, 0.25) is 0 Å². The van der Waals surface area contributed by atoms with Crippen LogP contribution < -0.4 is 10.1 Å². The van der Waals surface area contributed by atoms with Gasteiger partial charge in [-0.1, -0.05) is 48.5 Å². The zero-order chi connectivity index (χ0) is 19.3. The number of nitrogens with one attached hydrogen (secondary N) is 2. The van der Waals surface area contributed by atoms with Gasteiger partial charge in [-0.25, -0.2) is 4.98 Å². The van der Waals surface area contributed by atoms with Gasteiger partial charge in [-0.2, -0.15) is 0 Å². The highest BCUT2D eigenvalue weighted by Gasteiger charge is 2.14. The second-order valence-corrected chi connectivity index (χ2v) is 6.22. The van der Waals surface area contributed by atoms with Gasteiger partial charge in [-0.3, -0.25) is 4.79 Å². The summed E-state index contributed by atoms with van der Waals surface area (Å²) < 4.78 is 5.44. The molecular weight excluding hydrogens is 350 g/mol. The molecule has 1 amide bonds. The molecule has 0 aliphatic rings. The maximum absolute atomic E-state index is 12.8. The summed E-state index contributed by atoms with van der Waals surface area (Å²) in [6.45, 7) is 0. The summed E-state index contributed by atoms with van der Waals surface area (Å²) >= 11 is 0. The van der Waals surface area contributed by atoms with E-state index in [4.69, 9.17) is 4.74 Å². The van der Waals surface area contributed by atoms with Crippen LogP contribution in [0.3, 0.4) is 0 Å². The molecule has 138 valence electrons. The Labute approximate surface area is 162 Å². The summed E-state index contributed by atoms with van der Waals surface area (Å²) in [5.74, 6) is 1.09. The van der Waals surface area contributed by atoms with Gasteiger partial charge in [0, 0.05) is 11.1 Å². The van der Waals surface area contributed by atoms with Crippen LogP contribution in [0.15, 0.2) is 78.9 Å². The van der Waals surface area contributed by atoms with E-state index in [1.54, 1.807) is 19.2 Å². The molecule has 2 N–H and O–H groups in total. The number of carbonyl (C=O) groups is 1.